The van der Waals surface area contributed by atoms with E-state index in [4.69, 9.17) is 5.73 Å². The van der Waals surface area contributed by atoms with Gasteiger partial charge in [0.25, 0.3) is 5.69 Å². The number of carbonyl (C=O) groups is 1. The molecule has 2 rings (SSSR count). The number of anilines is 1. The second-order valence-corrected chi connectivity index (χ2v) is 4.73. The molecule has 3 N–H and O–H groups in total. The lowest BCUT2D eigenvalue weighted by Crippen LogP contribution is -2.11. The Hall–Kier alpha value is -3.23. The van der Waals surface area contributed by atoms with Gasteiger partial charge in [0.1, 0.15) is 5.75 Å². The van der Waals surface area contributed by atoms with Crippen molar-refractivity contribution in [3.63, 3.8) is 0 Å². The van der Waals surface area contributed by atoms with Crippen molar-refractivity contribution < 1.29 is 23.2 Å². The molecule has 7 nitrogen and oxygen atoms in total. The zero-order valence-electron chi connectivity index (χ0n) is 12.2. The van der Waals surface area contributed by atoms with Gasteiger partial charge in [-0.2, -0.15) is 8.78 Å². The van der Waals surface area contributed by atoms with Crippen molar-refractivity contribution in [2.45, 2.75) is 13.2 Å². The van der Waals surface area contributed by atoms with E-state index in [-0.39, 0.29) is 29.1 Å². The van der Waals surface area contributed by atoms with Gasteiger partial charge in [0.05, 0.1) is 4.92 Å². The smallest absolute Gasteiger partial charge is 0.387 e. The first-order chi connectivity index (χ1) is 11.4. The van der Waals surface area contributed by atoms with E-state index >= 15 is 0 Å². The molecule has 0 saturated heterocycles. The molecule has 0 spiro atoms. The molecule has 126 valence electrons. The number of nitro benzene ring substituents is 1. The number of rotatable bonds is 7. The molecule has 0 aromatic heterocycles. The number of alkyl halides is 2. The molecule has 0 radical (unpaired) electrons. The maximum absolute atomic E-state index is 12.4. The van der Waals surface area contributed by atoms with E-state index in [1.54, 1.807) is 12.1 Å². The Morgan fingerprint density at radius 1 is 1.29 bits per heavy atom. The fourth-order valence-corrected chi connectivity index (χ4v) is 2.01. The van der Waals surface area contributed by atoms with Crippen LogP contribution >= 0.6 is 0 Å². The highest BCUT2D eigenvalue weighted by Crippen LogP contribution is 2.26. The van der Waals surface area contributed by atoms with Gasteiger partial charge < -0.3 is 15.8 Å². The largest absolute Gasteiger partial charge is 0.434 e. The van der Waals surface area contributed by atoms with Crippen LogP contribution in [0.15, 0.2) is 42.5 Å². The molecule has 0 aliphatic rings. The van der Waals surface area contributed by atoms with Crippen LogP contribution in [0.1, 0.15) is 15.9 Å². The number of halogens is 2. The zero-order valence-corrected chi connectivity index (χ0v) is 12.2. The summed E-state index contributed by atoms with van der Waals surface area (Å²) >= 11 is 0. The molecule has 2 aromatic rings. The molecule has 0 saturated carbocycles. The van der Waals surface area contributed by atoms with Crippen LogP contribution in [0.4, 0.5) is 20.2 Å². The highest BCUT2D eigenvalue weighted by molar-refractivity contribution is 5.93. The molecule has 0 aliphatic carbocycles. The third-order valence-corrected chi connectivity index (χ3v) is 3.10. The highest BCUT2D eigenvalue weighted by atomic mass is 19.3. The van der Waals surface area contributed by atoms with Gasteiger partial charge in [-0.3, -0.25) is 14.9 Å². The first-order valence-electron chi connectivity index (χ1n) is 6.72. The standard InChI is InChI=1S/C15H13F2N3O4/c16-15(17)24-13-5-4-12(20(22)23)7-10(13)8-19-11-3-1-2-9(6-11)14(18)21/h1-7,15,19H,8H2,(H2,18,21). The summed E-state index contributed by atoms with van der Waals surface area (Å²) < 4.78 is 29.2. The van der Waals surface area contributed by atoms with Crippen LogP contribution in [-0.4, -0.2) is 17.4 Å². The van der Waals surface area contributed by atoms with E-state index in [0.29, 0.717) is 5.69 Å². The second kappa shape index (κ2) is 7.36. The number of primary amides is 1. The molecule has 1 amide bonds. The molecule has 0 heterocycles. The lowest BCUT2D eigenvalue weighted by atomic mass is 10.1. The summed E-state index contributed by atoms with van der Waals surface area (Å²) in [6.07, 6.45) is 0. The van der Waals surface area contributed by atoms with Crippen LogP contribution in [0.3, 0.4) is 0 Å². The number of nitro groups is 1. The SMILES string of the molecule is NC(=O)c1cccc(NCc2cc([N+](=O)[O-])ccc2OC(F)F)c1. The maximum Gasteiger partial charge on any atom is 0.387 e. The first-order valence-corrected chi connectivity index (χ1v) is 6.72. The monoisotopic (exact) mass is 337 g/mol. The van der Waals surface area contributed by atoms with Gasteiger partial charge >= 0.3 is 6.61 Å². The van der Waals surface area contributed by atoms with Crippen LogP contribution in [0.2, 0.25) is 0 Å². The zero-order chi connectivity index (χ0) is 17.7. The van der Waals surface area contributed by atoms with E-state index in [1.807, 2.05) is 0 Å². The van der Waals surface area contributed by atoms with Gasteiger partial charge in [-0.05, 0) is 24.3 Å². The summed E-state index contributed by atoms with van der Waals surface area (Å²) in [6, 6.07) is 9.56. The number of carbonyl (C=O) groups excluding carboxylic acids is 1. The molecule has 9 heteroatoms. The van der Waals surface area contributed by atoms with Gasteiger partial charge in [-0.1, -0.05) is 6.07 Å². The molecule has 2 aromatic carbocycles. The van der Waals surface area contributed by atoms with E-state index < -0.39 is 17.4 Å². The quantitative estimate of drug-likeness (QED) is 0.596. The van der Waals surface area contributed by atoms with E-state index in [9.17, 15) is 23.7 Å². The Labute approximate surface area is 135 Å². The van der Waals surface area contributed by atoms with Crippen LogP contribution in [0.25, 0.3) is 0 Å². The predicted molar refractivity (Wildman–Crippen MR) is 82.0 cm³/mol. The summed E-state index contributed by atoms with van der Waals surface area (Å²) in [6.45, 7) is -3.07. The van der Waals surface area contributed by atoms with Crippen molar-refractivity contribution in [1.82, 2.24) is 0 Å². The number of nitrogens with zero attached hydrogens (tertiary/aromatic N) is 1. The Balaban J connectivity index is 2.23. The van der Waals surface area contributed by atoms with Gasteiger partial charge in [0.2, 0.25) is 5.91 Å². The fourth-order valence-electron chi connectivity index (χ4n) is 2.01. The van der Waals surface area contributed by atoms with Gasteiger partial charge in [-0.15, -0.1) is 0 Å². The molecular weight excluding hydrogens is 324 g/mol. The number of non-ortho nitro benzene ring substituents is 1. The molecule has 0 atom stereocenters. The van der Waals surface area contributed by atoms with Crippen molar-refractivity contribution in [2.24, 2.45) is 5.73 Å². The third kappa shape index (κ3) is 4.38. The van der Waals surface area contributed by atoms with E-state index in [0.717, 1.165) is 18.2 Å². The molecular formula is C15H13F2N3O4. The summed E-state index contributed by atoms with van der Waals surface area (Å²) in [7, 11) is 0. The first kappa shape index (κ1) is 17.1. The van der Waals surface area contributed by atoms with Crippen molar-refractivity contribution in [3.05, 3.63) is 63.7 Å². The molecule has 0 bridgehead atoms. The Bertz CT molecular complexity index is 768. The van der Waals surface area contributed by atoms with Crippen molar-refractivity contribution in [1.29, 1.82) is 0 Å². The highest BCUT2D eigenvalue weighted by Gasteiger charge is 2.15. The third-order valence-electron chi connectivity index (χ3n) is 3.10. The average molecular weight is 337 g/mol. The number of nitrogens with two attached hydrogens (primary N) is 1. The molecule has 24 heavy (non-hydrogen) atoms. The predicted octanol–water partition coefficient (Wildman–Crippen LogP) is 2.91. The van der Waals surface area contributed by atoms with Crippen molar-refractivity contribution in [2.75, 3.05) is 5.32 Å². The number of ether oxygens (including phenoxy) is 1. The number of benzene rings is 2. The van der Waals surface area contributed by atoms with Gasteiger partial charge in [0, 0.05) is 35.5 Å². The Morgan fingerprint density at radius 3 is 2.67 bits per heavy atom. The van der Waals surface area contributed by atoms with Crippen LogP contribution in [0, 0.1) is 10.1 Å². The number of hydrogen-bond acceptors (Lipinski definition) is 5. The van der Waals surface area contributed by atoms with Gasteiger partial charge in [-0.25, -0.2) is 0 Å². The Kier molecular flexibility index (Phi) is 5.25. The summed E-state index contributed by atoms with van der Waals surface area (Å²) in [5.74, 6) is -0.787. The molecule has 0 aliphatic heterocycles. The van der Waals surface area contributed by atoms with Crippen molar-refractivity contribution >= 4 is 17.3 Å². The number of hydrogen-bond donors (Lipinski definition) is 2. The minimum absolute atomic E-state index is 0.0219. The van der Waals surface area contributed by atoms with E-state index in [2.05, 4.69) is 10.1 Å². The normalized spacial score (nSPS) is 10.5. The van der Waals surface area contributed by atoms with Crippen LogP contribution in [-0.2, 0) is 6.54 Å². The maximum atomic E-state index is 12.4. The molecule has 0 fully saturated rings. The molecule has 0 unspecified atom stereocenters. The number of amides is 1. The minimum Gasteiger partial charge on any atom is -0.434 e. The summed E-state index contributed by atoms with van der Waals surface area (Å²) in [5.41, 5.74) is 5.87. The lowest BCUT2D eigenvalue weighted by molar-refractivity contribution is -0.384. The van der Waals surface area contributed by atoms with Crippen LogP contribution < -0.4 is 15.8 Å². The minimum atomic E-state index is -3.05. The summed E-state index contributed by atoms with van der Waals surface area (Å²) in [5, 5.41) is 13.7. The second-order valence-electron chi connectivity index (χ2n) is 4.73. The average Bonchev–Trinajstić information content (AvgIpc) is 2.53. The lowest BCUT2D eigenvalue weighted by Gasteiger charge is -2.12. The van der Waals surface area contributed by atoms with E-state index in [1.165, 1.54) is 12.1 Å². The summed E-state index contributed by atoms with van der Waals surface area (Å²) in [4.78, 5) is 21.3. The van der Waals surface area contributed by atoms with Crippen LogP contribution in [0.5, 0.6) is 5.75 Å². The van der Waals surface area contributed by atoms with Crippen molar-refractivity contribution in [3.8, 4) is 5.75 Å². The number of nitrogens with one attached hydrogen (secondary N) is 1. The topological polar surface area (TPSA) is 107 Å². The fraction of sp³-hybridized carbons (Fsp3) is 0.133. The van der Waals surface area contributed by atoms with Gasteiger partial charge in [0.15, 0.2) is 0 Å². The Morgan fingerprint density at radius 2 is 2.04 bits per heavy atom.